The number of hydrogen-bond acceptors (Lipinski definition) is 6. The number of rotatable bonds is 6. The molecule has 0 fully saturated rings. The van der Waals surface area contributed by atoms with Gasteiger partial charge in [-0.05, 0) is 6.07 Å². The third-order valence-electron chi connectivity index (χ3n) is 3.34. The van der Waals surface area contributed by atoms with Crippen molar-refractivity contribution in [1.29, 1.82) is 0 Å². The summed E-state index contributed by atoms with van der Waals surface area (Å²) in [6.07, 6.45) is 0. The maximum absolute atomic E-state index is 12.2. The molecule has 0 saturated heterocycles. The van der Waals surface area contributed by atoms with Crippen LogP contribution in [0.1, 0.15) is 30.2 Å². The number of methoxy groups -OCH3 is 1. The van der Waals surface area contributed by atoms with Crippen LogP contribution in [0, 0.1) is 12.8 Å². The molecule has 0 radical (unpaired) electrons. The summed E-state index contributed by atoms with van der Waals surface area (Å²) in [6.45, 7) is 3.71. The lowest BCUT2D eigenvalue weighted by Crippen LogP contribution is -2.37. The molecule has 118 valence electrons. The first-order valence-corrected chi connectivity index (χ1v) is 7.00. The minimum atomic E-state index is -0.560. The summed E-state index contributed by atoms with van der Waals surface area (Å²) in [5.41, 5.74) is 6.30. The molecule has 3 N–H and O–H groups in total. The molecule has 2 unspecified atom stereocenters. The van der Waals surface area contributed by atoms with E-state index < -0.39 is 6.04 Å². The van der Waals surface area contributed by atoms with Gasteiger partial charge in [0.15, 0.2) is 5.82 Å². The quantitative estimate of drug-likeness (QED) is 0.831. The van der Waals surface area contributed by atoms with Crippen LogP contribution in [0.3, 0.4) is 0 Å². The van der Waals surface area contributed by atoms with Gasteiger partial charge in [-0.25, -0.2) is 0 Å². The van der Waals surface area contributed by atoms with Crippen molar-refractivity contribution < 1.29 is 14.1 Å². The Morgan fingerprint density at radius 2 is 2.18 bits per heavy atom. The van der Waals surface area contributed by atoms with E-state index in [9.17, 15) is 4.79 Å². The van der Waals surface area contributed by atoms with Gasteiger partial charge in [0.1, 0.15) is 11.8 Å². The predicted octanol–water partition coefficient (Wildman–Crippen LogP) is 1.19. The Bertz CT molecular complexity index is 641. The second-order valence-corrected chi connectivity index (χ2v) is 4.99. The molecule has 2 atom stereocenters. The Balaban J connectivity index is 2.39. The van der Waals surface area contributed by atoms with Crippen LogP contribution >= 0.6 is 0 Å². The van der Waals surface area contributed by atoms with Crippen molar-refractivity contribution in [3.8, 4) is 5.75 Å². The van der Waals surface area contributed by atoms with Crippen molar-refractivity contribution in [1.82, 2.24) is 15.5 Å². The van der Waals surface area contributed by atoms with Gasteiger partial charge in [-0.15, -0.1) is 0 Å². The van der Waals surface area contributed by atoms with E-state index in [4.69, 9.17) is 15.0 Å². The topological polar surface area (TPSA) is 103 Å². The standard InChI is InChI=1S/C15H20N4O3/c1-9(8-16)15(20)18-13(14-17-10(2)22-19-14)11-6-4-5-7-12(11)21-3/h4-7,9,13H,8,16H2,1-3H3,(H,18,20). The summed E-state index contributed by atoms with van der Waals surface area (Å²) < 4.78 is 10.4. The van der Waals surface area contributed by atoms with Crippen molar-refractivity contribution in [2.75, 3.05) is 13.7 Å². The molecule has 1 amide bonds. The van der Waals surface area contributed by atoms with Crippen LogP contribution in [-0.4, -0.2) is 29.7 Å². The zero-order valence-corrected chi connectivity index (χ0v) is 12.9. The SMILES string of the molecule is COc1ccccc1C(NC(=O)C(C)CN)c1noc(C)n1. The van der Waals surface area contributed by atoms with Crippen LogP contribution in [0.25, 0.3) is 0 Å². The fraction of sp³-hybridized carbons (Fsp3) is 0.400. The van der Waals surface area contributed by atoms with E-state index in [1.54, 1.807) is 21.0 Å². The molecule has 2 rings (SSSR count). The van der Waals surface area contributed by atoms with Crippen LogP contribution < -0.4 is 15.8 Å². The highest BCUT2D eigenvalue weighted by Gasteiger charge is 2.26. The second-order valence-electron chi connectivity index (χ2n) is 4.99. The van der Waals surface area contributed by atoms with Gasteiger partial charge in [-0.2, -0.15) is 4.98 Å². The molecule has 0 bridgehead atoms. The third kappa shape index (κ3) is 3.43. The molecule has 0 spiro atoms. The average molecular weight is 304 g/mol. The number of nitrogens with zero attached hydrogens (tertiary/aromatic N) is 2. The van der Waals surface area contributed by atoms with Gasteiger partial charge in [0.05, 0.1) is 7.11 Å². The summed E-state index contributed by atoms with van der Waals surface area (Å²) in [6, 6.07) is 6.81. The molecule has 0 aliphatic heterocycles. The monoisotopic (exact) mass is 304 g/mol. The minimum absolute atomic E-state index is 0.180. The Morgan fingerprint density at radius 1 is 1.45 bits per heavy atom. The predicted molar refractivity (Wildman–Crippen MR) is 80.2 cm³/mol. The number of hydrogen-bond donors (Lipinski definition) is 2. The maximum atomic E-state index is 12.2. The highest BCUT2D eigenvalue weighted by Crippen LogP contribution is 2.28. The lowest BCUT2D eigenvalue weighted by molar-refractivity contribution is -0.124. The van der Waals surface area contributed by atoms with E-state index in [1.165, 1.54) is 0 Å². The molecule has 22 heavy (non-hydrogen) atoms. The summed E-state index contributed by atoms with van der Waals surface area (Å²) in [5, 5.41) is 6.82. The van der Waals surface area contributed by atoms with E-state index in [0.717, 1.165) is 5.56 Å². The molecule has 1 aromatic carbocycles. The Kier molecular flexibility index (Phi) is 5.11. The maximum Gasteiger partial charge on any atom is 0.224 e. The fourth-order valence-corrected chi connectivity index (χ4v) is 2.01. The van der Waals surface area contributed by atoms with Crippen LogP contribution in [0.2, 0.25) is 0 Å². The molecule has 0 aliphatic rings. The third-order valence-corrected chi connectivity index (χ3v) is 3.34. The van der Waals surface area contributed by atoms with Crippen molar-refractivity contribution in [2.45, 2.75) is 19.9 Å². The fourth-order valence-electron chi connectivity index (χ4n) is 2.01. The van der Waals surface area contributed by atoms with Gasteiger partial charge >= 0.3 is 0 Å². The summed E-state index contributed by atoms with van der Waals surface area (Å²) in [7, 11) is 1.57. The molecule has 2 aromatic rings. The molecule has 0 aliphatic carbocycles. The molecule has 7 heteroatoms. The van der Waals surface area contributed by atoms with Gasteiger partial charge < -0.3 is 20.3 Å². The van der Waals surface area contributed by atoms with Gasteiger partial charge in [-0.1, -0.05) is 30.3 Å². The second kappa shape index (κ2) is 7.04. The van der Waals surface area contributed by atoms with E-state index in [1.807, 2.05) is 24.3 Å². The number of aryl methyl sites for hydroxylation is 1. The lowest BCUT2D eigenvalue weighted by Gasteiger charge is -2.20. The number of carbonyl (C=O) groups is 1. The van der Waals surface area contributed by atoms with Crippen LogP contribution in [0.15, 0.2) is 28.8 Å². The Hall–Kier alpha value is -2.41. The van der Waals surface area contributed by atoms with Crippen LogP contribution in [0.4, 0.5) is 0 Å². The molecular weight excluding hydrogens is 284 g/mol. The smallest absolute Gasteiger partial charge is 0.224 e. The molecular formula is C15H20N4O3. The first-order valence-electron chi connectivity index (χ1n) is 7.00. The van der Waals surface area contributed by atoms with Gasteiger partial charge in [0.25, 0.3) is 0 Å². The number of aromatic nitrogens is 2. The van der Waals surface area contributed by atoms with Gasteiger partial charge in [0, 0.05) is 24.9 Å². The van der Waals surface area contributed by atoms with E-state index in [2.05, 4.69) is 15.5 Å². The van der Waals surface area contributed by atoms with Gasteiger partial charge in [-0.3, -0.25) is 4.79 Å². The number of carbonyl (C=O) groups excluding carboxylic acids is 1. The summed E-state index contributed by atoms with van der Waals surface area (Å²) >= 11 is 0. The van der Waals surface area contributed by atoms with E-state index in [0.29, 0.717) is 17.5 Å². The number of ether oxygens (including phenoxy) is 1. The van der Waals surface area contributed by atoms with Crippen LogP contribution in [-0.2, 0) is 4.79 Å². The number of para-hydroxylation sites is 1. The normalized spacial score (nSPS) is 13.5. The molecule has 1 heterocycles. The first kappa shape index (κ1) is 16.0. The van der Waals surface area contributed by atoms with Crippen molar-refractivity contribution in [2.24, 2.45) is 11.7 Å². The number of amides is 1. The zero-order valence-electron chi connectivity index (χ0n) is 12.9. The van der Waals surface area contributed by atoms with Crippen LogP contribution in [0.5, 0.6) is 5.75 Å². The Labute approximate surface area is 128 Å². The summed E-state index contributed by atoms with van der Waals surface area (Å²) in [4.78, 5) is 16.4. The summed E-state index contributed by atoms with van der Waals surface area (Å²) in [5.74, 6) is 0.942. The van der Waals surface area contributed by atoms with Crippen molar-refractivity contribution >= 4 is 5.91 Å². The molecule has 1 aromatic heterocycles. The number of nitrogens with one attached hydrogen (secondary N) is 1. The van der Waals surface area contributed by atoms with E-state index in [-0.39, 0.29) is 18.4 Å². The van der Waals surface area contributed by atoms with Crippen molar-refractivity contribution in [3.05, 3.63) is 41.5 Å². The number of benzene rings is 1. The highest BCUT2D eigenvalue weighted by atomic mass is 16.5. The lowest BCUT2D eigenvalue weighted by atomic mass is 10.0. The molecule has 7 nitrogen and oxygen atoms in total. The average Bonchev–Trinajstić information content (AvgIpc) is 2.97. The number of nitrogens with two attached hydrogens (primary N) is 1. The van der Waals surface area contributed by atoms with E-state index >= 15 is 0 Å². The van der Waals surface area contributed by atoms with Gasteiger partial charge in [0.2, 0.25) is 11.8 Å². The highest BCUT2D eigenvalue weighted by molar-refractivity contribution is 5.79. The zero-order chi connectivity index (χ0) is 16.1. The van der Waals surface area contributed by atoms with Crippen molar-refractivity contribution in [3.63, 3.8) is 0 Å². The largest absolute Gasteiger partial charge is 0.496 e. The Morgan fingerprint density at radius 3 is 2.77 bits per heavy atom. The molecule has 0 saturated carbocycles. The minimum Gasteiger partial charge on any atom is -0.496 e. The first-order chi connectivity index (χ1) is 10.6.